The van der Waals surface area contributed by atoms with Crippen molar-refractivity contribution in [3.63, 3.8) is 0 Å². The minimum absolute atomic E-state index is 0.0782. The molecule has 8 heteroatoms. The maximum absolute atomic E-state index is 12.2. The maximum atomic E-state index is 12.2. The van der Waals surface area contributed by atoms with Gasteiger partial charge in [-0.05, 0) is 43.5 Å². The first-order valence-electron chi connectivity index (χ1n) is 8.51. The van der Waals surface area contributed by atoms with Gasteiger partial charge in [0.05, 0.1) is 18.2 Å². The highest BCUT2D eigenvalue weighted by atomic mass is 35.5. The lowest BCUT2D eigenvalue weighted by atomic mass is 10.2. The second-order valence-corrected chi connectivity index (χ2v) is 7.50. The molecule has 2 aromatic rings. The number of thiophene rings is 1. The van der Waals surface area contributed by atoms with E-state index in [4.69, 9.17) is 21.1 Å². The van der Waals surface area contributed by atoms with Crippen LogP contribution in [0.25, 0.3) is 10.4 Å². The molecule has 142 valence electrons. The molecule has 1 saturated carbocycles. The minimum Gasteiger partial charge on any atom is -0.462 e. The van der Waals surface area contributed by atoms with Gasteiger partial charge < -0.3 is 14.8 Å². The Morgan fingerprint density at radius 2 is 1.89 bits per heavy atom. The Bertz CT molecular complexity index is 857. The van der Waals surface area contributed by atoms with Crippen LogP contribution in [0.2, 0.25) is 5.02 Å². The second kappa shape index (κ2) is 8.54. The zero-order chi connectivity index (χ0) is 19.4. The van der Waals surface area contributed by atoms with Gasteiger partial charge in [0.25, 0.3) is 5.91 Å². The van der Waals surface area contributed by atoms with Gasteiger partial charge in [0.1, 0.15) is 4.88 Å². The molecule has 1 heterocycles. The summed E-state index contributed by atoms with van der Waals surface area (Å²) in [6.07, 6.45) is 1.62. The van der Waals surface area contributed by atoms with Crippen LogP contribution in [0.15, 0.2) is 30.3 Å². The number of anilines is 1. The van der Waals surface area contributed by atoms with Crippen molar-refractivity contribution in [1.82, 2.24) is 0 Å². The summed E-state index contributed by atoms with van der Waals surface area (Å²) in [6.45, 7) is 1.55. The number of halogens is 1. The fourth-order valence-corrected chi connectivity index (χ4v) is 3.49. The van der Waals surface area contributed by atoms with E-state index in [1.807, 2.05) is 12.1 Å². The quantitative estimate of drug-likeness (QED) is 0.697. The van der Waals surface area contributed by atoms with Gasteiger partial charge in [-0.1, -0.05) is 23.7 Å². The van der Waals surface area contributed by atoms with Crippen LogP contribution in [0.1, 0.15) is 29.4 Å². The average molecular weight is 408 g/mol. The zero-order valence-corrected chi connectivity index (χ0v) is 16.2. The Hall–Kier alpha value is -2.38. The molecule has 1 aliphatic carbocycles. The molecule has 1 aromatic heterocycles. The fourth-order valence-electron chi connectivity index (χ4n) is 2.35. The summed E-state index contributed by atoms with van der Waals surface area (Å²) in [7, 11) is 0. The number of carbonyl (C=O) groups excluding carboxylic acids is 3. The third-order valence-electron chi connectivity index (χ3n) is 3.85. The first-order valence-corrected chi connectivity index (χ1v) is 9.70. The Morgan fingerprint density at radius 3 is 2.52 bits per heavy atom. The molecule has 0 atom stereocenters. The molecule has 0 saturated heterocycles. The molecule has 1 N–H and O–H groups in total. The van der Waals surface area contributed by atoms with Crippen LogP contribution in [-0.2, 0) is 19.1 Å². The van der Waals surface area contributed by atoms with E-state index in [1.165, 1.54) is 11.3 Å². The number of rotatable bonds is 7. The van der Waals surface area contributed by atoms with E-state index in [-0.39, 0.29) is 30.0 Å². The van der Waals surface area contributed by atoms with E-state index in [1.54, 1.807) is 25.1 Å². The van der Waals surface area contributed by atoms with E-state index < -0.39 is 11.9 Å². The van der Waals surface area contributed by atoms with E-state index >= 15 is 0 Å². The predicted molar refractivity (Wildman–Crippen MR) is 103 cm³/mol. The lowest BCUT2D eigenvalue weighted by Crippen LogP contribution is -2.22. The number of amides is 1. The number of hydrogen-bond acceptors (Lipinski definition) is 6. The molecule has 1 amide bonds. The monoisotopic (exact) mass is 407 g/mol. The maximum Gasteiger partial charge on any atom is 0.350 e. The Labute approximate surface area is 165 Å². The smallest absolute Gasteiger partial charge is 0.350 e. The number of carbonyl (C=O) groups is 3. The zero-order valence-electron chi connectivity index (χ0n) is 14.6. The van der Waals surface area contributed by atoms with Gasteiger partial charge in [0.2, 0.25) is 0 Å². The summed E-state index contributed by atoms with van der Waals surface area (Å²) < 4.78 is 10.0. The summed E-state index contributed by atoms with van der Waals surface area (Å²) in [5.74, 6) is -1.46. The predicted octanol–water partition coefficient (Wildman–Crippen LogP) is 4.14. The molecule has 27 heavy (non-hydrogen) atoms. The fraction of sp³-hybridized carbons (Fsp3) is 0.316. The largest absolute Gasteiger partial charge is 0.462 e. The van der Waals surface area contributed by atoms with Crippen LogP contribution in [0.4, 0.5) is 5.69 Å². The Morgan fingerprint density at radius 1 is 1.19 bits per heavy atom. The molecule has 1 fully saturated rings. The lowest BCUT2D eigenvalue weighted by molar-refractivity contribution is -0.148. The van der Waals surface area contributed by atoms with Crippen molar-refractivity contribution in [2.24, 2.45) is 5.92 Å². The highest BCUT2D eigenvalue weighted by Gasteiger charge is 2.31. The van der Waals surface area contributed by atoms with E-state index in [9.17, 15) is 14.4 Å². The molecule has 1 aliphatic rings. The SMILES string of the molecule is CCOC(=O)c1sc(-c2ccc(Cl)cc2)cc1NC(=O)COC(=O)C1CC1. The van der Waals surface area contributed by atoms with Crippen molar-refractivity contribution < 1.29 is 23.9 Å². The average Bonchev–Trinajstić information content (AvgIpc) is 3.41. The van der Waals surface area contributed by atoms with Gasteiger partial charge in [0, 0.05) is 9.90 Å². The van der Waals surface area contributed by atoms with Crippen molar-refractivity contribution in [1.29, 1.82) is 0 Å². The number of ether oxygens (including phenoxy) is 2. The van der Waals surface area contributed by atoms with Crippen LogP contribution in [0.5, 0.6) is 0 Å². The third-order valence-corrected chi connectivity index (χ3v) is 5.27. The van der Waals surface area contributed by atoms with Gasteiger partial charge in [-0.25, -0.2) is 4.79 Å². The summed E-state index contributed by atoms with van der Waals surface area (Å²) in [4.78, 5) is 37.0. The molecule has 1 aromatic carbocycles. The van der Waals surface area contributed by atoms with E-state index in [0.29, 0.717) is 10.7 Å². The summed E-state index contributed by atoms with van der Waals surface area (Å²) in [5.41, 5.74) is 1.19. The summed E-state index contributed by atoms with van der Waals surface area (Å²) >= 11 is 7.12. The summed E-state index contributed by atoms with van der Waals surface area (Å²) in [6, 6.07) is 8.84. The van der Waals surface area contributed by atoms with Crippen molar-refractivity contribution in [3.8, 4) is 10.4 Å². The van der Waals surface area contributed by atoms with E-state index in [2.05, 4.69) is 5.32 Å². The topological polar surface area (TPSA) is 81.7 Å². The highest BCUT2D eigenvalue weighted by molar-refractivity contribution is 7.18. The molecule has 6 nitrogen and oxygen atoms in total. The highest BCUT2D eigenvalue weighted by Crippen LogP contribution is 2.36. The number of benzene rings is 1. The number of nitrogens with one attached hydrogen (secondary N) is 1. The van der Waals surface area contributed by atoms with Crippen LogP contribution < -0.4 is 5.32 Å². The Kier molecular flexibility index (Phi) is 6.13. The molecule has 0 spiro atoms. The van der Waals surface area contributed by atoms with Crippen molar-refractivity contribution in [2.75, 3.05) is 18.5 Å². The van der Waals surface area contributed by atoms with Crippen molar-refractivity contribution in [3.05, 3.63) is 40.2 Å². The molecule has 0 bridgehead atoms. The third kappa shape index (κ3) is 5.08. The molecule has 0 radical (unpaired) electrons. The van der Waals surface area contributed by atoms with Crippen molar-refractivity contribution >= 4 is 46.5 Å². The number of hydrogen-bond donors (Lipinski definition) is 1. The van der Waals surface area contributed by atoms with Crippen LogP contribution in [-0.4, -0.2) is 31.1 Å². The first kappa shape index (κ1) is 19.4. The number of esters is 2. The van der Waals surface area contributed by atoms with Gasteiger partial charge in [0.15, 0.2) is 6.61 Å². The van der Waals surface area contributed by atoms with Gasteiger partial charge in [-0.2, -0.15) is 0 Å². The summed E-state index contributed by atoms with van der Waals surface area (Å²) in [5, 5.41) is 3.24. The molecule has 0 aliphatic heterocycles. The molecular formula is C19H18ClNO5S. The van der Waals surface area contributed by atoms with Gasteiger partial charge >= 0.3 is 11.9 Å². The van der Waals surface area contributed by atoms with Crippen LogP contribution >= 0.6 is 22.9 Å². The van der Waals surface area contributed by atoms with Crippen LogP contribution in [0.3, 0.4) is 0 Å². The standard InChI is InChI=1S/C19H18ClNO5S/c1-2-25-19(24)17-14(21-16(22)10-26-18(23)12-3-4-12)9-15(27-17)11-5-7-13(20)8-6-11/h5-9,12H,2-4,10H2,1H3,(H,21,22). The van der Waals surface area contributed by atoms with E-state index in [0.717, 1.165) is 23.3 Å². The van der Waals surface area contributed by atoms with Crippen LogP contribution in [0, 0.1) is 5.92 Å². The van der Waals surface area contributed by atoms with Gasteiger partial charge in [-0.15, -0.1) is 11.3 Å². The Balaban J connectivity index is 1.76. The molecular weight excluding hydrogens is 390 g/mol. The first-order chi connectivity index (χ1) is 13.0. The molecule has 0 unspecified atom stereocenters. The van der Waals surface area contributed by atoms with Crippen molar-refractivity contribution in [2.45, 2.75) is 19.8 Å². The minimum atomic E-state index is -0.520. The molecule has 3 rings (SSSR count). The van der Waals surface area contributed by atoms with Gasteiger partial charge in [-0.3, -0.25) is 9.59 Å². The second-order valence-electron chi connectivity index (χ2n) is 6.01. The lowest BCUT2D eigenvalue weighted by Gasteiger charge is -2.07. The normalized spacial score (nSPS) is 13.1.